The third-order valence-corrected chi connectivity index (χ3v) is 4.06. The van der Waals surface area contributed by atoms with Gasteiger partial charge < -0.3 is 10.8 Å². The van der Waals surface area contributed by atoms with Crippen LogP contribution >= 0.6 is 11.8 Å². The van der Waals surface area contributed by atoms with Gasteiger partial charge in [-0.3, -0.25) is 0 Å². The third-order valence-electron chi connectivity index (χ3n) is 2.83. The number of hydrogen-bond donors (Lipinski definition) is 2. The average molecular weight is 209 g/mol. The molecule has 0 saturated heterocycles. The van der Waals surface area contributed by atoms with Gasteiger partial charge in [0, 0.05) is 10.6 Å². The molecule has 3 heteroatoms. The molecule has 1 aliphatic rings. The summed E-state index contributed by atoms with van der Waals surface area (Å²) in [5, 5.41) is 9.35. The van der Waals surface area contributed by atoms with Crippen LogP contribution in [0.3, 0.4) is 0 Å². The van der Waals surface area contributed by atoms with Gasteiger partial charge in [-0.1, -0.05) is 18.2 Å². The van der Waals surface area contributed by atoms with Crippen LogP contribution in [0.5, 0.6) is 0 Å². The first-order valence-corrected chi connectivity index (χ1v) is 5.78. The minimum absolute atomic E-state index is 0.0318. The molecule has 0 aliphatic carbocycles. The van der Waals surface area contributed by atoms with E-state index in [2.05, 4.69) is 13.0 Å². The van der Waals surface area contributed by atoms with E-state index in [-0.39, 0.29) is 6.61 Å². The molecule has 3 N–H and O–H groups in total. The van der Waals surface area contributed by atoms with Crippen molar-refractivity contribution in [3.8, 4) is 0 Å². The van der Waals surface area contributed by atoms with Crippen LogP contribution in [0.25, 0.3) is 0 Å². The first-order chi connectivity index (χ1) is 6.67. The van der Waals surface area contributed by atoms with Crippen LogP contribution < -0.4 is 5.73 Å². The Balaban J connectivity index is 2.55. The second-order valence-corrected chi connectivity index (χ2v) is 4.97. The van der Waals surface area contributed by atoms with Gasteiger partial charge in [-0.25, -0.2) is 0 Å². The largest absolute Gasteiger partial charge is 0.394 e. The number of hydrogen-bond acceptors (Lipinski definition) is 3. The Morgan fingerprint density at radius 2 is 2.36 bits per heavy atom. The summed E-state index contributed by atoms with van der Waals surface area (Å²) < 4.78 is 0. The average Bonchev–Trinajstić information content (AvgIpc) is 2.20. The number of nitrogens with two attached hydrogens (primary N) is 1. The topological polar surface area (TPSA) is 46.2 Å². The van der Waals surface area contributed by atoms with Gasteiger partial charge in [-0.05, 0) is 24.5 Å². The van der Waals surface area contributed by atoms with Gasteiger partial charge in [-0.2, -0.15) is 0 Å². The Morgan fingerprint density at radius 1 is 1.57 bits per heavy atom. The molecule has 14 heavy (non-hydrogen) atoms. The van der Waals surface area contributed by atoms with E-state index in [0.717, 1.165) is 17.7 Å². The zero-order valence-corrected chi connectivity index (χ0v) is 9.10. The fraction of sp³-hybridized carbons (Fsp3) is 0.455. The minimum atomic E-state index is -0.521. The normalized spacial score (nSPS) is 25.9. The molecule has 0 radical (unpaired) electrons. The van der Waals surface area contributed by atoms with Crippen molar-refractivity contribution in [3.05, 3.63) is 29.3 Å². The van der Waals surface area contributed by atoms with Gasteiger partial charge in [0.15, 0.2) is 0 Å². The van der Waals surface area contributed by atoms with Crippen LogP contribution in [0, 0.1) is 6.92 Å². The van der Waals surface area contributed by atoms with E-state index in [1.807, 2.05) is 23.9 Å². The van der Waals surface area contributed by atoms with Gasteiger partial charge in [-0.15, -0.1) is 11.8 Å². The summed E-state index contributed by atoms with van der Waals surface area (Å²) in [4.78, 5) is 1.26. The van der Waals surface area contributed by atoms with E-state index < -0.39 is 5.54 Å². The van der Waals surface area contributed by atoms with Crippen molar-refractivity contribution in [2.45, 2.75) is 23.8 Å². The van der Waals surface area contributed by atoms with Crippen LogP contribution in [0.1, 0.15) is 17.5 Å². The summed E-state index contributed by atoms with van der Waals surface area (Å²) in [6.07, 6.45) is 0.852. The maximum absolute atomic E-state index is 9.35. The van der Waals surface area contributed by atoms with E-state index >= 15 is 0 Å². The number of fused-ring (bicyclic) bond motifs is 1. The molecule has 76 valence electrons. The van der Waals surface area contributed by atoms with Crippen molar-refractivity contribution in [3.63, 3.8) is 0 Å². The van der Waals surface area contributed by atoms with E-state index in [1.54, 1.807) is 0 Å². The highest BCUT2D eigenvalue weighted by molar-refractivity contribution is 7.99. The summed E-state index contributed by atoms with van der Waals surface area (Å²) in [7, 11) is 0. The molecular formula is C11H15NOS. The van der Waals surface area contributed by atoms with Crippen LogP contribution in [0.15, 0.2) is 23.1 Å². The molecule has 1 aliphatic heterocycles. The Hall–Kier alpha value is -0.510. The summed E-state index contributed by atoms with van der Waals surface area (Å²) in [6, 6.07) is 6.14. The molecule has 1 aromatic rings. The zero-order valence-electron chi connectivity index (χ0n) is 8.29. The molecule has 1 atom stereocenters. The monoisotopic (exact) mass is 209 g/mol. The molecule has 1 aromatic carbocycles. The fourth-order valence-electron chi connectivity index (χ4n) is 1.87. The lowest BCUT2D eigenvalue weighted by Gasteiger charge is -2.34. The van der Waals surface area contributed by atoms with Crippen molar-refractivity contribution >= 4 is 11.8 Å². The molecule has 1 unspecified atom stereocenters. The van der Waals surface area contributed by atoms with Crippen LogP contribution in [-0.2, 0) is 5.54 Å². The molecule has 0 bridgehead atoms. The molecule has 0 spiro atoms. The quantitative estimate of drug-likeness (QED) is 0.739. The van der Waals surface area contributed by atoms with Crippen molar-refractivity contribution in [2.24, 2.45) is 5.73 Å². The first-order valence-electron chi connectivity index (χ1n) is 4.80. The standard InChI is InChI=1S/C11H15NOS/c1-8-3-2-4-9-10(8)14-6-5-11(9,12)7-13/h2-4,13H,5-7,12H2,1H3. The highest BCUT2D eigenvalue weighted by atomic mass is 32.2. The smallest absolute Gasteiger partial charge is 0.0663 e. The third kappa shape index (κ3) is 1.45. The van der Waals surface area contributed by atoms with Gasteiger partial charge in [0.2, 0.25) is 0 Å². The summed E-state index contributed by atoms with van der Waals surface area (Å²) >= 11 is 1.84. The number of benzene rings is 1. The summed E-state index contributed by atoms with van der Waals surface area (Å²) in [6.45, 7) is 2.12. The van der Waals surface area contributed by atoms with E-state index in [1.165, 1.54) is 10.5 Å². The van der Waals surface area contributed by atoms with Crippen molar-refractivity contribution in [1.82, 2.24) is 0 Å². The number of aryl methyl sites for hydroxylation is 1. The maximum Gasteiger partial charge on any atom is 0.0663 e. The summed E-state index contributed by atoms with van der Waals surface area (Å²) in [5.74, 6) is 0.995. The van der Waals surface area contributed by atoms with E-state index in [4.69, 9.17) is 5.73 Å². The number of thioether (sulfide) groups is 1. The Morgan fingerprint density at radius 3 is 3.07 bits per heavy atom. The molecule has 0 fully saturated rings. The van der Waals surface area contributed by atoms with Gasteiger partial charge in [0.25, 0.3) is 0 Å². The molecule has 2 nitrogen and oxygen atoms in total. The van der Waals surface area contributed by atoms with Crippen LogP contribution in [-0.4, -0.2) is 17.5 Å². The van der Waals surface area contributed by atoms with Crippen molar-refractivity contribution < 1.29 is 5.11 Å². The molecule has 0 saturated carbocycles. The van der Waals surface area contributed by atoms with Crippen LogP contribution in [0.4, 0.5) is 0 Å². The predicted molar refractivity (Wildman–Crippen MR) is 59.5 cm³/mol. The second-order valence-electron chi connectivity index (χ2n) is 3.86. The van der Waals surface area contributed by atoms with Crippen molar-refractivity contribution in [1.29, 1.82) is 0 Å². The lowest BCUT2D eigenvalue weighted by Crippen LogP contribution is -2.43. The second kappa shape index (κ2) is 3.57. The van der Waals surface area contributed by atoms with Crippen LogP contribution in [0.2, 0.25) is 0 Å². The molecule has 1 heterocycles. The predicted octanol–water partition coefficient (Wildman–Crippen LogP) is 1.64. The zero-order chi connectivity index (χ0) is 10.2. The SMILES string of the molecule is Cc1cccc2c1SCCC2(N)CO. The highest BCUT2D eigenvalue weighted by Gasteiger charge is 2.32. The minimum Gasteiger partial charge on any atom is -0.394 e. The highest BCUT2D eigenvalue weighted by Crippen LogP contribution is 2.40. The number of aliphatic hydroxyl groups is 1. The Labute approximate surface area is 88.5 Å². The van der Waals surface area contributed by atoms with Gasteiger partial charge >= 0.3 is 0 Å². The Kier molecular flexibility index (Phi) is 2.56. The lowest BCUT2D eigenvalue weighted by molar-refractivity contribution is 0.189. The van der Waals surface area contributed by atoms with E-state index in [9.17, 15) is 5.11 Å². The fourth-order valence-corrected chi connectivity index (χ4v) is 3.26. The number of rotatable bonds is 1. The van der Waals surface area contributed by atoms with Gasteiger partial charge in [0.05, 0.1) is 12.1 Å². The molecule has 0 amide bonds. The molecule has 2 rings (SSSR count). The lowest BCUT2D eigenvalue weighted by atomic mass is 9.88. The maximum atomic E-state index is 9.35. The Bertz CT molecular complexity index is 353. The molecule has 0 aromatic heterocycles. The summed E-state index contributed by atoms with van der Waals surface area (Å²) in [5.41, 5.74) is 8.02. The van der Waals surface area contributed by atoms with Crippen molar-refractivity contribution in [2.75, 3.05) is 12.4 Å². The van der Waals surface area contributed by atoms with E-state index in [0.29, 0.717) is 0 Å². The first kappa shape index (κ1) is 10.0. The molecular weight excluding hydrogens is 194 g/mol. The van der Waals surface area contributed by atoms with Gasteiger partial charge in [0.1, 0.15) is 0 Å². The number of aliphatic hydroxyl groups excluding tert-OH is 1.